The Morgan fingerprint density at radius 1 is 1.29 bits per heavy atom. The van der Waals surface area contributed by atoms with Crippen LogP contribution in [0.4, 0.5) is 5.69 Å². The van der Waals surface area contributed by atoms with Gasteiger partial charge in [0.05, 0.1) is 16.9 Å². The van der Waals surface area contributed by atoms with Crippen molar-refractivity contribution < 1.29 is 8.42 Å². The predicted molar refractivity (Wildman–Crippen MR) is 84.0 cm³/mol. The number of sulfonamides is 1. The maximum Gasteiger partial charge on any atom is 0.263 e. The summed E-state index contributed by atoms with van der Waals surface area (Å²) in [7, 11) is -1.97. The second kappa shape index (κ2) is 6.43. The molecule has 1 aromatic carbocycles. The van der Waals surface area contributed by atoms with E-state index in [2.05, 4.69) is 15.0 Å². The summed E-state index contributed by atoms with van der Waals surface area (Å²) in [6.07, 6.45) is 3.08. The first kappa shape index (κ1) is 15.8. The van der Waals surface area contributed by atoms with E-state index in [0.717, 1.165) is 11.1 Å². The van der Waals surface area contributed by atoms with Crippen molar-refractivity contribution in [2.45, 2.75) is 18.4 Å². The molecule has 0 amide bonds. The van der Waals surface area contributed by atoms with Gasteiger partial charge in [-0.15, -0.1) is 0 Å². The zero-order chi connectivity index (χ0) is 15.5. The van der Waals surface area contributed by atoms with Gasteiger partial charge in [0.2, 0.25) is 0 Å². The zero-order valence-corrected chi connectivity index (χ0v) is 13.3. The van der Waals surface area contributed by atoms with Crippen LogP contribution in [0.3, 0.4) is 0 Å². The van der Waals surface area contributed by atoms with E-state index in [1.165, 1.54) is 6.20 Å². The van der Waals surface area contributed by atoms with Crippen LogP contribution >= 0.6 is 11.6 Å². The molecule has 0 aliphatic rings. The Labute approximate surface area is 129 Å². The number of nitrogens with one attached hydrogen (secondary N) is 2. The fraction of sp³-hybridized carbons (Fsp3) is 0.214. The average molecular weight is 326 g/mol. The molecular formula is C14H16ClN3O2S. The number of benzene rings is 1. The van der Waals surface area contributed by atoms with Crippen LogP contribution in [0.5, 0.6) is 0 Å². The van der Waals surface area contributed by atoms with Gasteiger partial charge in [0.1, 0.15) is 4.90 Å². The van der Waals surface area contributed by atoms with Crippen LogP contribution in [0.2, 0.25) is 5.02 Å². The highest BCUT2D eigenvalue weighted by Crippen LogP contribution is 2.25. The third-order valence-electron chi connectivity index (χ3n) is 2.95. The molecule has 112 valence electrons. The number of hydrogen-bond donors (Lipinski definition) is 2. The molecule has 21 heavy (non-hydrogen) atoms. The molecule has 5 nitrogen and oxygen atoms in total. The van der Waals surface area contributed by atoms with Crippen LogP contribution in [0, 0.1) is 6.92 Å². The van der Waals surface area contributed by atoms with Crippen LogP contribution in [0.1, 0.15) is 11.1 Å². The minimum atomic E-state index is -3.76. The average Bonchev–Trinajstić information content (AvgIpc) is 2.43. The van der Waals surface area contributed by atoms with E-state index < -0.39 is 10.0 Å². The Hall–Kier alpha value is -1.63. The molecule has 1 heterocycles. The molecule has 1 aromatic heterocycles. The van der Waals surface area contributed by atoms with Crippen LogP contribution in [-0.2, 0) is 16.6 Å². The van der Waals surface area contributed by atoms with Crippen molar-refractivity contribution in [3.05, 3.63) is 52.8 Å². The molecule has 7 heteroatoms. The number of aromatic nitrogens is 1. The Morgan fingerprint density at radius 3 is 2.71 bits per heavy atom. The van der Waals surface area contributed by atoms with Gasteiger partial charge in [-0.25, -0.2) is 8.42 Å². The summed E-state index contributed by atoms with van der Waals surface area (Å²) in [6, 6.07) is 6.66. The van der Waals surface area contributed by atoms with Crippen molar-refractivity contribution >= 4 is 27.3 Å². The van der Waals surface area contributed by atoms with Crippen molar-refractivity contribution in [3.63, 3.8) is 0 Å². The molecule has 0 bridgehead atoms. The SMILES string of the molecule is CNCc1ccc(Cl)c(S(=O)(=O)Nc2cnccc2C)c1. The van der Waals surface area contributed by atoms with Gasteiger partial charge in [0, 0.05) is 12.7 Å². The van der Waals surface area contributed by atoms with Crippen molar-refractivity contribution in [2.24, 2.45) is 0 Å². The summed E-state index contributed by atoms with van der Waals surface area (Å²) >= 11 is 6.03. The van der Waals surface area contributed by atoms with Crippen LogP contribution in [0.25, 0.3) is 0 Å². The number of halogens is 1. The first-order chi connectivity index (χ1) is 9.94. The van der Waals surface area contributed by atoms with Crippen molar-refractivity contribution in [1.82, 2.24) is 10.3 Å². The van der Waals surface area contributed by atoms with E-state index in [1.807, 2.05) is 0 Å². The van der Waals surface area contributed by atoms with Gasteiger partial charge in [-0.2, -0.15) is 0 Å². The highest BCUT2D eigenvalue weighted by atomic mass is 35.5. The fourth-order valence-corrected chi connectivity index (χ4v) is 3.51. The summed E-state index contributed by atoms with van der Waals surface area (Å²) in [5.74, 6) is 0. The van der Waals surface area contributed by atoms with Crippen LogP contribution in [-0.4, -0.2) is 20.4 Å². The lowest BCUT2D eigenvalue weighted by Crippen LogP contribution is -2.15. The van der Waals surface area contributed by atoms with Gasteiger partial charge in [0.25, 0.3) is 10.0 Å². The number of nitrogens with zero attached hydrogens (tertiary/aromatic N) is 1. The first-order valence-corrected chi connectivity index (χ1v) is 8.16. The largest absolute Gasteiger partial charge is 0.316 e. The summed E-state index contributed by atoms with van der Waals surface area (Å²) in [6.45, 7) is 2.37. The molecule has 0 aliphatic carbocycles. The number of anilines is 1. The lowest BCUT2D eigenvalue weighted by atomic mass is 10.2. The topological polar surface area (TPSA) is 71.1 Å². The lowest BCUT2D eigenvalue weighted by molar-refractivity contribution is 0.601. The van der Waals surface area contributed by atoms with Gasteiger partial charge in [-0.1, -0.05) is 17.7 Å². The summed E-state index contributed by atoms with van der Waals surface area (Å²) in [5, 5.41) is 3.16. The first-order valence-electron chi connectivity index (χ1n) is 6.30. The number of pyridine rings is 1. The molecule has 0 aliphatic heterocycles. The van der Waals surface area contributed by atoms with Crippen molar-refractivity contribution in [3.8, 4) is 0 Å². The smallest absolute Gasteiger partial charge is 0.263 e. The molecule has 2 rings (SSSR count). The van der Waals surface area contributed by atoms with Gasteiger partial charge >= 0.3 is 0 Å². The van der Waals surface area contributed by atoms with Crippen LogP contribution in [0.15, 0.2) is 41.6 Å². The second-order valence-electron chi connectivity index (χ2n) is 4.59. The van der Waals surface area contributed by atoms with Gasteiger partial charge < -0.3 is 5.32 Å². The molecule has 2 aromatic rings. The minimum Gasteiger partial charge on any atom is -0.316 e. The summed E-state index contributed by atoms with van der Waals surface area (Å²) < 4.78 is 27.5. The van der Waals surface area contributed by atoms with Crippen LogP contribution < -0.4 is 10.0 Å². The number of aryl methyl sites for hydroxylation is 1. The zero-order valence-electron chi connectivity index (χ0n) is 11.7. The highest BCUT2D eigenvalue weighted by Gasteiger charge is 2.19. The van der Waals surface area contributed by atoms with Crippen molar-refractivity contribution in [2.75, 3.05) is 11.8 Å². The highest BCUT2D eigenvalue weighted by molar-refractivity contribution is 7.92. The van der Waals surface area contributed by atoms with Gasteiger partial charge in [0.15, 0.2) is 0 Å². The maximum absolute atomic E-state index is 12.5. The Balaban J connectivity index is 2.40. The van der Waals surface area contributed by atoms with E-state index in [9.17, 15) is 8.42 Å². The molecule has 0 atom stereocenters. The van der Waals surface area contributed by atoms with Crippen molar-refractivity contribution in [1.29, 1.82) is 0 Å². The van der Waals surface area contributed by atoms with E-state index in [4.69, 9.17) is 11.6 Å². The molecule has 0 unspecified atom stereocenters. The third-order valence-corrected chi connectivity index (χ3v) is 4.80. The lowest BCUT2D eigenvalue weighted by Gasteiger charge is -2.12. The molecule has 0 saturated heterocycles. The molecule has 0 saturated carbocycles. The summed E-state index contributed by atoms with van der Waals surface area (Å²) in [5.41, 5.74) is 2.06. The quantitative estimate of drug-likeness (QED) is 0.886. The van der Waals surface area contributed by atoms with Gasteiger partial charge in [-0.3, -0.25) is 9.71 Å². The Morgan fingerprint density at radius 2 is 2.05 bits per heavy atom. The predicted octanol–water partition coefficient (Wildman–Crippen LogP) is 2.56. The normalized spacial score (nSPS) is 11.4. The van der Waals surface area contributed by atoms with E-state index in [1.54, 1.807) is 44.4 Å². The van der Waals surface area contributed by atoms with E-state index in [0.29, 0.717) is 12.2 Å². The molecule has 2 N–H and O–H groups in total. The molecule has 0 radical (unpaired) electrons. The fourth-order valence-electron chi connectivity index (χ4n) is 1.84. The second-order valence-corrected chi connectivity index (χ2v) is 6.65. The summed E-state index contributed by atoms with van der Waals surface area (Å²) in [4.78, 5) is 3.98. The minimum absolute atomic E-state index is 0.0557. The number of rotatable bonds is 5. The third kappa shape index (κ3) is 3.72. The van der Waals surface area contributed by atoms with E-state index >= 15 is 0 Å². The monoisotopic (exact) mass is 325 g/mol. The molecule has 0 spiro atoms. The molecule has 0 fully saturated rings. The molecular weight excluding hydrogens is 310 g/mol. The Bertz CT molecular complexity index is 748. The van der Waals surface area contributed by atoms with Gasteiger partial charge in [-0.05, 0) is 43.3 Å². The Kier molecular flexibility index (Phi) is 4.82. The standard InChI is InChI=1S/C14H16ClN3O2S/c1-10-5-6-17-9-13(10)18-21(19,20)14-7-11(8-16-2)3-4-12(14)15/h3-7,9,16,18H,8H2,1-2H3. The van der Waals surface area contributed by atoms with E-state index in [-0.39, 0.29) is 9.92 Å². The maximum atomic E-state index is 12.5. The number of hydrogen-bond acceptors (Lipinski definition) is 4.